The number of amides is 1. The van der Waals surface area contributed by atoms with E-state index in [0.717, 1.165) is 25.7 Å². The maximum atomic E-state index is 13.6. The normalized spacial score (nSPS) is 21.7. The first-order chi connectivity index (χ1) is 16.8. The van der Waals surface area contributed by atoms with Crippen LogP contribution in [0.15, 0.2) is 52.4 Å². The minimum Gasteiger partial charge on any atom is -0.501 e. The number of aromatic nitrogens is 2. The summed E-state index contributed by atoms with van der Waals surface area (Å²) in [6.45, 7) is 8.36. The molecule has 1 aliphatic heterocycles. The summed E-state index contributed by atoms with van der Waals surface area (Å²) in [4.78, 5) is 32.2. The predicted molar refractivity (Wildman–Crippen MR) is 137 cm³/mol. The molecule has 2 atom stereocenters. The van der Waals surface area contributed by atoms with Gasteiger partial charge in [0.15, 0.2) is 5.69 Å². The third-order valence-corrected chi connectivity index (χ3v) is 7.47. The number of hydrogen-bond acceptors (Lipinski definition) is 5. The van der Waals surface area contributed by atoms with Crippen LogP contribution in [-0.2, 0) is 6.42 Å². The van der Waals surface area contributed by atoms with Crippen molar-refractivity contribution in [1.29, 1.82) is 0 Å². The third-order valence-electron chi connectivity index (χ3n) is 7.47. The average Bonchev–Trinajstić information content (AvgIpc) is 2.98. The van der Waals surface area contributed by atoms with Crippen LogP contribution in [0.3, 0.4) is 0 Å². The number of carbonyl (C=O) groups is 1. The first-order valence-corrected chi connectivity index (χ1v) is 12.6. The van der Waals surface area contributed by atoms with Gasteiger partial charge in [-0.3, -0.25) is 14.2 Å². The molecule has 184 valence electrons. The molecule has 2 aliphatic carbocycles. The van der Waals surface area contributed by atoms with Gasteiger partial charge in [-0.2, -0.15) is 4.98 Å². The van der Waals surface area contributed by atoms with E-state index >= 15 is 0 Å². The summed E-state index contributed by atoms with van der Waals surface area (Å²) in [5.74, 6) is -0.515. The summed E-state index contributed by atoms with van der Waals surface area (Å²) in [6.07, 6.45) is 8.42. The number of allylic oxidation sites excluding steroid dienone is 4. The maximum Gasteiger partial charge on any atom is 0.317 e. The molecule has 1 unspecified atom stereocenters. The first kappa shape index (κ1) is 23.4. The van der Waals surface area contributed by atoms with Crippen molar-refractivity contribution in [2.45, 2.75) is 77.4 Å². The SMILES string of the molecule is CC(C)Nc1nc(=O)c(O)c2n1[C@@H](C1CC3=C(CCC=C3)Cc3ccccc31)CN(C(C)C)C2=O. The summed E-state index contributed by atoms with van der Waals surface area (Å²) in [7, 11) is 0. The number of hydrogen-bond donors (Lipinski definition) is 2. The highest BCUT2D eigenvalue weighted by Gasteiger charge is 2.42. The van der Waals surface area contributed by atoms with Crippen molar-refractivity contribution in [1.82, 2.24) is 14.5 Å². The molecule has 0 saturated carbocycles. The second kappa shape index (κ2) is 9.02. The Morgan fingerprint density at radius 1 is 1.14 bits per heavy atom. The lowest BCUT2D eigenvalue weighted by molar-refractivity contribution is 0.0580. The molecule has 2 aromatic rings. The number of aromatic hydroxyl groups is 1. The van der Waals surface area contributed by atoms with Crippen LogP contribution in [-0.4, -0.2) is 44.1 Å². The quantitative estimate of drug-likeness (QED) is 0.679. The highest BCUT2D eigenvalue weighted by atomic mass is 16.3. The summed E-state index contributed by atoms with van der Waals surface area (Å²) >= 11 is 0. The molecule has 35 heavy (non-hydrogen) atoms. The molecule has 2 heterocycles. The Kier molecular flexibility index (Phi) is 6.03. The van der Waals surface area contributed by atoms with Crippen LogP contribution in [0.4, 0.5) is 5.95 Å². The lowest BCUT2D eigenvalue weighted by atomic mass is 9.82. The van der Waals surface area contributed by atoms with E-state index in [2.05, 4.69) is 46.7 Å². The number of nitrogens with zero attached hydrogens (tertiary/aromatic N) is 3. The van der Waals surface area contributed by atoms with Gasteiger partial charge in [-0.05, 0) is 70.1 Å². The molecule has 5 rings (SSSR count). The number of carbonyl (C=O) groups excluding carboxylic acids is 1. The molecule has 1 amide bonds. The van der Waals surface area contributed by atoms with Crippen molar-refractivity contribution >= 4 is 11.9 Å². The molecule has 1 aromatic carbocycles. The van der Waals surface area contributed by atoms with E-state index in [1.165, 1.54) is 22.3 Å². The fraction of sp³-hybridized carbons (Fsp3) is 0.464. The average molecular weight is 475 g/mol. The van der Waals surface area contributed by atoms with Gasteiger partial charge >= 0.3 is 5.56 Å². The Balaban J connectivity index is 1.75. The van der Waals surface area contributed by atoms with E-state index in [4.69, 9.17) is 0 Å². The number of rotatable bonds is 4. The molecule has 0 fully saturated rings. The van der Waals surface area contributed by atoms with Crippen molar-refractivity contribution in [3.05, 3.63) is 74.7 Å². The van der Waals surface area contributed by atoms with Crippen molar-refractivity contribution in [2.75, 3.05) is 11.9 Å². The van der Waals surface area contributed by atoms with Crippen LogP contribution < -0.4 is 10.9 Å². The van der Waals surface area contributed by atoms with Gasteiger partial charge in [0, 0.05) is 24.5 Å². The molecular formula is C28H34N4O3. The molecule has 0 saturated heterocycles. The predicted octanol–water partition coefficient (Wildman–Crippen LogP) is 4.55. The smallest absolute Gasteiger partial charge is 0.317 e. The van der Waals surface area contributed by atoms with Crippen LogP contribution >= 0.6 is 0 Å². The molecule has 7 nitrogen and oxygen atoms in total. The van der Waals surface area contributed by atoms with Gasteiger partial charge < -0.3 is 15.3 Å². The molecule has 3 aliphatic rings. The van der Waals surface area contributed by atoms with Gasteiger partial charge in [0.05, 0.1) is 6.04 Å². The van der Waals surface area contributed by atoms with Gasteiger partial charge in [-0.25, -0.2) is 0 Å². The maximum absolute atomic E-state index is 13.6. The molecule has 1 aromatic heterocycles. The minimum atomic E-state index is -0.779. The summed E-state index contributed by atoms with van der Waals surface area (Å²) in [6, 6.07) is 8.30. The Bertz CT molecular complexity index is 1290. The van der Waals surface area contributed by atoms with E-state index in [1.807, 2.05) is 32.3 Å². The van der Waals surface area contributed by atoms with Crippen molar-refractivity contribution in [3.63, 3.8) is 0 Å². The first-order valence-electron chi connectivity index (χ1n) is 12.6. The van der Waals surface area contributed by atoms with Gasteiger partial charge in [-0.1, -0.05) is 42.0 Å². The van der Waals surface area contributed by atoms with Crippen LogP contribution in [0, 0.1) is 0 Å². The Morgan fingerprint density at radius 2 is 1.91 bits per heavy atom. The molecular weight excluding hydrogens is 440 g/mol. The Hall–Kier alpha value is -3.35. The topological polar surface area (TPSA) is 87.5 Å². The largest absolute Gasteiger partial charge is 0.501 e. The Labute approximate surface area is 206 Å². The number of fused-ring (bicyclic) bond motifs is 2. The summed E-state index contributed by atoms with van der Waals surface area (Å²) in [5.41, 5.74) is 4.68. The zero-order valence-electron chi connectivity index (χ0n) is 20.9. The molecule has 2 N–H and O–H groups in total. The molecule has 7 heteroatoms. The molecule has 0 bridgehead atoms. The fourth-order valence-electron chi connectivity index (χ4n) is 5.82. The van der Waals surface area contributed by atoms with E-state index in [9.17, 15) is 14.7 Å². The third kappa shape index (κ3) is 4.07. The van der Waals surface area contributed by atoms with E-state index in [-0.39, 0.29) is 35.6 Å². The number of nitrogens with one attached hydrogen (secondary N) is 1. The van der Waals surface area contributed by atoms with Gasteiger partial charge in [0.2, 0.25) is 11.7 Å². The van der Waals surface area contributed by atoms with Crippen LogP contribution in [0.5, 0.6) is 5.75 Å². The van der Waals surface area contributed by atoms with Crippen molar-refractivity contribution in [2.24, 2.45) is 0 Å². The lowest BCUT2D eigenvalue weighted by Crippen LogP contribution is -2.50. The van der Waals surface area contributed by atoms with E-state index in [0.29, 0.717) is 12.5 Å². The van der Waals surface area contributed by atoms with Crippen LogP contribution in [0.25, 0.3) is 0 Å². The Morgan fingerprint density at radius 3 is 2.66 bits per heavy atom. The minimum absolute atomic E-state index is 0.000989. The lowest BCUT2D eigenvalue weighted by Gasteiger charge is -2.42. The van der Waals surface area contributed by atoms with E-state index < -0.39 is 11.3 Å². The molecule has 0 radical (unpaired) electrons. The second-order valence-electron chi connectivity index (χ2n) is 10.5. The number of benzene rings is 1. The fourth-order valence-corrected chi connectivity index (χ4v) is 5.82. The van der Waals surface area contributed by atoms with Crippen molar-refractivity contribution < 1.29 is 9.90 Å². The second-order valence-corrected chi connectivity index (χ2v) is 10.5. The standard InChI is InChI=1S/C28H34N4O3/c1-16(2)29-28-30-26(34)25(33)24-27(35)31(17(3)4)15-23(32(24)28)22-14-19-10-6-5-9-18(19)13-20-11-7-8-12-21(20)22/h6-8,10-12,16-17,22-23,33H,5,9,13-15H2,1-4H3,(H,29,30,34)/t22?,23-/m1/s1. The van der Waals surface area contributed by atoms with Gasteiger partial charge in [0.25, 0.3) is 5.91 Å². The highest BCUT2D eigenvalue weighted by Crippen LogP contribution is 2.46. The van der Waals surface area contributed by atoms with E-state index in [1.54, 1.807) is 4.90 Å². The van der Waals surface area contributed by atoms with Gasteiger partial charge in [-0.15, -0.1) is 0 Å². The van der Waals surface area contributed by atoms with Crippen LogP contribution in [0.1, 0.15) is 80.5 Å². The highest BCUT2D eigenvalue weighted by molar-refractivity contribution is 5.96. The van der Waals surface area contributed by atoms with Crippen molar-refractivity contribution in [3.8, 4) is 5.75 Å². The van der Waals surface area contributed by atoms with Gasteiger partial charge in [0.1, 0.15) is 0 Å². The zero-order valence-corrected chi connectivity index (χ0v) is 20.9. The monoisotopic (exact) mass is 474 g/mol. The summed E-state index contributed by atoms with van der Waals surface area (Å²) in [5, 5.41) is 14.1. The molecule has 0 spiro atoms. The van der Waals surface area contributed by atoms with Crippen LogP contribution in [0.2, 0.25) is 0 Å². The summed E-state index contributed by atoms with van der Waals surface area (Å²) < 4.78 is 1.82. The zero-order chi connectivity index (χ0) is 24.9. The number of anilines is 1.